The van der Waals surface area contributed by atoms with Gasteiger partial charge in [0.1, 0.15) is 22.8 Å². The zero-order valence-electron chi connectivity index (χ0n) is 10.9. The third kappa shape index (κ3) is 2.61. The molecule has 0 aliphatic rings. The van der Waals surface area contributed by atoms with Crippen molar-refractivity contribution < 1.29 is 24.2 Å². The van der Waals surface area contributed by atoms with Crippen LogP contribution in [-0.4, -0.2) is 31.1 Å². The molecular weight excluding hydrogens is 236 g/mol. The monoisotopic (exact) mass is 252 g/mol. The molecule has 0 heterocycles. The molecule has 0 saturated carbocycles. The first-order valence-electron chi connectivity index (χ1n) is 5.39. The number of aromatic carboxylic acids is 1. The lowest BCUT2D eigenvalue weighted by molar-refractivity contribution is -0.116. The van der Waals surface area contributed by atoms with E-state index in [0.717, 1.165) is 0 Å². The predicted molar refractivity (Wildman–Crippen MR) is 65.6 cm³/mol. The molecule has 0 atom stereocenters. The largest absolute Gasteiger partial charge is 0.496 e. The van der Waals surface area contributed by atoms with Crippen LogP contribution in [0, 0.1) is 6.92 Å². The number of methoxy groups -OCH3 is 2. The lowest BCUT2D eigenvalue weighted by Gasteiger charge is -2.16. The van der Waals surface area contributed by atoms with Crippen molar-refractivity contribution in [2.45, 2.75) is 20.3 Å². The first-order valence-corrected chi connectivity index (χ1v) is 5.39. The van der Waals surface area contributed by atoms with Gasteiger partial charge in [-0.15, -0.1) is 0 Å². The molecule has 0 unspecified atom stereocenters. The van der Waals surface area contributed by atoms with Crippen molar-refractivity contribution in [2.24, 2.45) is 0 Å². The second kappa shape index (κ2) is 5.53. The van der Waals surface area contributed by atoms with Crippen molar-refractivity contribution in [2.75, 3.05) is 14.2 Å². The highest BCUT2D eigenvalue weighted by molar-refractivity contribution is 5.95. The standard InChI is InChI=1S/C13H16O5/c1-7(14)5-9-6-10(17-3)8(2)12(18-4)11(9)13(15)16/h6H,5H2,1-4H3,(H,15,16). The van der Waals surface area contributed by atoms with Crippen LogP contribution < -0.4 is 9.47 Å². The van der Waals surface area contributed by atoms with Crippen LogP contribution in [0.2, 0.25) is 0 Å². The van der Waals surface area contributed by atoms with Crippen LogP contribution >= 0.6 is 0 Å². The van der Waals surface area contributed by atoms with E-state index >= 15 is 0 Å². The normalized spacial score (nSPS) is 10.0. The summed E-state index contributed by atoms with van der Waals surface area (Å²) in [6.07, 6.45) is 0.0363. The van der Waals surface area contributed by atoms with E-state index in [1.54, 1.807) is 13.0 Å². The molecule has 1 rings (SSSR count). The second-order valence-corrected chi connectivity index (χ2v) is 3.96. The molecule has 0 aliphatic heterocycles. The third-order valence-electron chi connectivity index (χ3n) is 2.64. The van der Waals surface area contributed by atoms with Gasteiger partial charge in [-0.05, 0) is 25.5 Å². The Balaban J connectivity index is 3.56. The minimum atomic E-state index is -1.12. The molecule has 0 saturated heterocycles. The van der Waals surface area contributed by atoms with E-state index < -0.39 is 5.97 Å². The molecular formula is C13H16O5. The number of carboxylic acids is 1. The van der Waals surface area contributed by atoms with Gasteiger partial charge in [-0.1, -0.05) is 0 Å². The fourth-order valence-electron chi connectivity index (χ4n) is 1.89. The average molecular weight is 252 g/mol. The van der Waals surface area contributed by atoms with Gasteiger partial charge in [0.25, 0.3) is 0 Å². The van der Waals surface area contributed by atoms with Crippen LogP contribution in [0.5, 0.6) is 11.5 Å². The number of ketones is 1. The smallest absolute Gasteiger partial charge is 0.339 e. The zero-order chi connectivity index (χ0) is 13.9. The number of Topliss-reactive ketones (excluding diaryl/α,β-unsaturated/α-hetero) is 1. The van der Waals surface area contributed by atoms with Gasteiger partial charge in [0.15, 0.2) is 0 Å². The third-order valence-corrected chi connectivity index (χ3v) is 2.64. The van der Waals surface area contributed by atoms with E-state index in [0.29, 0.717) is 16.9 Å². The highest BCUT2D eigenvalue weighted by Gasteiger charge is 2.22. The molecule has 0 aliphatic carbocycles. The second-order valence-electron chi connectivity index (χ2n) is 3.96. The molecule has 5 heteroatoms. The maximum absolute atomic E-state index is 11.3. The van der Waals surface area contributed by atoms with Crippen molar-refractivity contribution in [1.29, 1.82) is 0 Å². The first-order chi connectivity index (χ1) is 8.42. The van der Waals surface area contributed by atoms with Gasteiger partial charge in [-0.2, -0.15) is 0 Å². The molecule has 1 aromatic rings. The Morgan fingerprint density at radius 2 is 1.89 bits per heavy atom. The molecule has 98 valence electrons. The minimum absolute atomic E-state index is 0.0194. The molecule has 1 N–H and O–H groups in total. The molecule has 1 aromatic carbocycles. The molecule has 18 heavy (non-hydrogen) atoms. The van der Waals surface area contributed by atoms with Crippen molar-refractivity contribution >= 4 is 11.8 Å². The highest BCUT2D eigenvalue weighted by Crippen LogP contribution is 2.34. The Hall–Kier alpha value is -2.04. The van der Waals surface area contributed by atoms with Crippen molar-refractivity contribution in [3.8, 4) is 11.5 Å². The zero-order valence-corrected chi connectivity index (χ0v) is 10.9. The number of carboxylic acid groups (broad SMARTS) is 1. The minimum Gasteiger partial charge on any atom is -0.496 e. The summed E-state index contributed by atoms with van der Waals surface area (Å²) in [4.78, 5) is 22.5. The van der Waals surface area contributed by atoms with Crippen LogP contribution in [0.3, 0.4) is 0 Å². The molecule has 0 amide bonds. The number of benzene rings is 1. The maximum Gasteiger partial charge on any atom is 0.339 e. The first kappa shape index (κ1) is 14.0. The van der Waals surface area contributed by atoms with Gasteiger partial charge in [0, 0.05) is 12.0 Å². The number of carbonyl (C=O) groups excluding carboxylic acids is 1. The van der Waals surface area contributed by atoms with E-state index in [4.69, 9.17) is 9.47 Å². The van der Waals surface area contributed by atoms with E-state index in [-0.39, 0.29) is 23.5 Å². The van der Waals surface area contributed by atoms with Gasteiger partial charge >= 0.3 is 5.97 Å². The van der Waals surface area contributed by atoms with Crippen molar-refractivity contribution in [1.82, 2.24) is 0 Å². The van der Waals surface area contributed by atoms with Crippen LogP contribution in [0.15, 0.2) is 6.07 Å². The molecule has 0 spiro atoms. The van der Waals surface area contributed by atoms with Crippen molar-refractivity contribution in [3.05, 3.63) is 22.8 Å². The van der Waals surface area contributed by atoms with E-state index in [1.807, 2.05) is 0 Å². The molecule has 0 fully saturated rings. The summed E-state index contributed by atoms with van der Waals surface area (Å²) in [6.45, 7) is 3.12. The Kier molecular flexibility index (Phi) is 4.31. The van der Waals surface area contributed by atoms with E-state index in [2.05, 4.69) is 0 Å². The SMILES string of the molecule is COc1cc(CC(C)=O)c(C(=O)O)c(OC)c1C. The average Bonchev–Trinajstić information content (AvgIpc) is 2.29. The lowest BCUT2D eigenvalue weighted by atomic mass is 9.98. The number of ether oxygens (including phenoxy) is 2. The number of hydrogen-bond acceptors (Lipinski definition) is 4. The van der Waals surface area contributed by atoms with Crippen LogP contribution in [-0.2, 0) is 11.2 Å². The van der Waals surface area contributed by atoms with E-state index in [9.17, 15) is 14.7 Å². The number of hydrogen-bond donors (Lipinski definition) is 1. The molecule has 0 bridgehead atoms. The summed E-state index contributed by atoms with van der Waals surface area (Å²) in [5.74, 6) is -0.495. The van der Waals surface area contributed by atoms with Crippen molar-refractivity contribution in [3.63, 3.8) is 0 Å². The van der Waals surface area contributed by atoms with Crippen LogP contribution in [0.4, 0.5) is 0 Å². The Labute approximate surface area is 105 Å². The maximum atomic E-state index is 11.3. The Morgan fingerprint density at radius 3 is 2.28 bits per heavy atom. The predicted octanol–water partition coefficient (Wildman–Crippen LogP) is 1.84. The molecule has 0 radical (unpaired) electrons. The summed E-state index contributed by atoms with van der Waals surface area (Å²) < 4.78 is 10.3. The van der Waals surface area contributed by atoms with Gasteiger partial charge in [0.2, 0.25) is 0 Å². The highest BCUT2D eigenvalue weighted by atomic mass is 16.5. The number of carbonyl (C=O) groups is 2. The Bertz CT molecular complexity index is 491. The summed E-state index contributed by atoms with van der Waals surface area (Å²) in [6, 6.07) is 1.57. The summed E-state index contributed by atoms with van der Waals surface area (Å²) in [7, 11) is 2.88. The molecule has 5 nitrogen and oxygen atoms in total. The summed E-state index contributed by atoms with van der Waals surface area (Å²) in [5.41, 5.74) is 1.02. The molecule has 0 aromatic heterocycles. The fraction of sp³-hybridized carbons (Fsp3) is 0.385. The fourth-order valence-corrected chi connectivity index (χ4v) is 1.89. The van der Waals surface area contributed by atoms with Crippen LogP contribution in [0.1, 0.15) is 28.4 Å². The van der Waals surface area contributed by atoms with Crippen LogP contribution in [0.25, 0.3) is 0 Å². The lowest BCUT2D eigenvalue weighted by Crippen LogP contribution is -2.10. The summed E-state index contributed by atoms with van der Waals surface area (Å²) >= 11 is 0. The van der Waals surface area contributed by atoms with E-state index in [1.165, 1.54) is 21.1 Å². The topological polar surface area (TPSA) is 72.8 Å². The summed E-state index contributed by atoms with van der Waals surface area (Å²) in [5, 5.41) is 9.25. The van der Waals surface area contributed by atoms with Gasteiger partial charge in [-0.3, -0.25) is 4.79 Å². The van der Waals surface area contributed by atoms with Gasteiger partial charge in [0.05, 0.1) is 14.2 Å². The Morgan fingerprint density at radius 1 is 1.28 bits per heavy atom. The van der Waals surface area contributed by atoms with Gasteiger partial charge < -0.3 is 14.6 Å². The number of rotatable bonds is 5. The quantitative estimate of drug-likeness (QED) is 0.865. The van der Waals surface area contributed by atoms with Gasteiger partial charge in [-0.25, -0.2) is 4.79 Å².